The summed E-state index contributed by atoms with van der Waals surface area (Å²) in [7, 11) is 0. The van der Waals surface area contributed by atoms with Gasteiger partial charge in [0, 0.05) is 12.0 Å². The fourth-order valence-electron chi connectivity index (χ4n) is 3.90. The van der Waals surface area contributed by atoms with Crippen molar-refractivity contribution in [3.8, 4) is 0 Å². The van der Waals surface area contributed by atoms with E-state index in [0.29, 0.717) is 18.5 Å². The number of hydrogen-bond donors (Lipinski definition) is 2. The monoisotopic (exact) mass is 266 g/mol. The van der Waals surface area contributed by atoms with E-state index in [1.807, 2.05) is 0 Å². The standard InChI is InChI=1S/C16H30N2O/c1-11(2)12-6-8-14(9-7-12)18-16(19)15-5-3-4-13(15)10-17/h11-15H,3-10,17H2,1-2H3,(H,18,19)/t12?,13-,14?,15-/m1/s1. The zero-order valence-corrected chi connectivity index (χ0v) is 12.5. The molecular weight excluding hydrogens is 236 g/mol. The predicted molar refractivity (Wildman–Crippen MR) is 78.6 cm³/mol. The molecule has 2 rings (SSSR count). The van der Waals surface area contributed by atoms with E-state index >= 15 is 0 Å². The molecule has 2 saturated carbocycles. The van der Waals surface area contributed by atoms with Crippen molar-refractivity contribution in [1.82, 2.24) is 5.32 Å². The van der Waals surface area contributed by atoms with E-state index in [1.165, 1.54) is 19.3 Å². The summed E-state index contributed by atoms with van der Waals surface area (Å²) >= 11 is 0. The molecular formula is C16H30N2O. The highest BCUT2D eigenvalue weighted by atomic mass is 16.2. The van der Waals surface area contributed by atoms with E-state index in [1.54, 1.807) is 0 Å². The topological polar surface area (TPSA) is 55.1 Å². The van der Waals surface area contributed by atoms with Crippen LogP contribution < -0.4 is 11.1 Å². The second-order valence-corrected chi connectivity index (χ2v) is 6.90. The largest absolute Gasteiger partial charge is 0.353 e. The Balaban J connectivity index is 1.77. The van der Waals surface area contributed by atoms with E-state index in [4.69, 9.17) is 5.73 Å². The molecule has 1 amide bonds. The maximum absolute atomic E-state index is 12.3. The van der Waals surface area contributed by atoms with Gasteiger partial charge in [-0.05, 0) is 62.8 Å². The van der Waals surface area contributed by atoms with Crippen molar-refractivity contribution < 1.29 is 4.79 Å². The van der Waals surface area contributed by atoms with Gasteiger partial charge in [-0.3, -0.25) is 4.79 Å². The molecule has 19 heavy (non-hydrogen) atoms. The van der Waals surface area contributed by atoms with Crippen LogP contribution in [-0.2, 0) is 4.79 Å². The minimum absolute atomic E-state index is 0.188. The molecule has 0 saturated heterocycles. The molecule has 2 fully saturated rings. The average Bonchev–Trinajstić information content (AvgIpc) is 2.87. The molecule has 2 aliphatic rings. The number of carbonyl (C=O) groups excluding carboxylic acids is 1. The van der Waals surface area contributed by atoms with Crippen LogP contribution in [0.2, 0.25) is 0 Å². The van der Waals surface area contributed by atoms with E-state index < -0.39 is 0 Å². The number of nitrogens with one attached hydrogen (secondary N) is 1. The first-order chi connectivity index (χ1) is 9.11. The van der Waals surface area contributed by atoms with Gasteiger partial charge in [-0.25, -0.2) is 0 Å². The highest BCUT2D eigenvalue weighted by Gasteiger charge is 2.33. The van der Waals surface area contributed by atoms with Crippen LogP contribution in [0.1, 0.15) is 58.8 Å². The van der Waals surface area contributed by atoms with Crippen molar-refractivity contribution in [2.45, 2.75) is 64.8 Å². The zero-order valence-electron chi connectivity index (χ0n) is 12.5. The van der Waals surface area contributed by atoms with Crippen LogP contribution >= 0.6 is 0 Å². The Hall–Kier alpha value is -0.570. The Labute approximate surface area is 117 Å². The van der Waals surface area contributed by atoms with Gasteiger partial charge in [-0.1, -0.05) is 20.3 Å². The summed E-state index contributed by atoms with van der Waals surface area (Å²) < 4.78 is 0. The lowest BCUT2D eigenvalue weighted by molar-refractivity contribution is -0.127. The SMILES string of the molecule is CC(C)C1CCC(NC(=O)[C@@H]2CCC[C@@H]2CN)CC1. The lowest BCUT2D eigenvalue weighted by Crippen LogP contribution is -2.43. The number of carbonyl (C=O) groups is 1. The molecule has 110 valence electrons. The number of hydrogen-bond acceptors (Lipinski definition) is 2. The molecule has 0 bridgehead atoms. The molecule has 3 nitrogen and oxygen atoms in total. The van der Waals surface area contributed by atoms with Crippen LogP contribution in [-0.4, -0.2) is 18.5 Å². The van der Waals surface area contributed by atoms with Crippen LogP contribution in [0.4, 0.5) is 0 Å². The third-order valence-electron chi connectivity index (χ3n) is 5.36. The maximum Gasteiger partial charge on any atom is 0.223 e. The average molecular weight is 266 g/mol. The summed E-state index contributed by atoms with van der Waals surface area (Å²) in [5, 5.41) is 3.29. The van der Waals surface area contributed by atoms with Crippen molar-refractivity contribution in [3.63, 3.8) is 0 Å². The van der Waals surface area contributed by atoms with Crippen molar-refractivity contribution in [2.75, 3.05) is 6.54 Å². The van der Waals surface area contributed by atoms with Crippen molar-refractivity contribution in [3.05, 3.63) is 0 Å². The molecule has 0 radical (unpaired) electrons. The van der Waals surface area contributed by atoms with E-state index in [2.05, 4.69) is 19.2 Å². The van der Waals surface area contributed by atoms with Gasteiger partial charge < -0.3 is 11.1 Å². The molecule has 0 heterocycles. The molecule has 0 aromatic carbocycles. The Morgan fingerprint density at radius 3 is 2.42 bits per heavy atom. The first-order valence-corrected chi connectivity index (χ1v) is 8.12. The van der Waals surface area contributed by atoms with Gasteiger partial charge >= 0.3 is 0 Å². The van der Waals surface area contributed by atoms with Crippen molar-refractivity contribution >= 4 is 5.91 Å². The van der Waals surface area contributed by atoms with Crippen molar-refractivity contribution in [2.24, 2.45) is 29.4 Å². The predicted octanol–water partition coefficient (Wildman–Crippen LogP) is 2.69. The van der Waals surface area contributed by atoms with E-state index in [0.717, 1.165) is 37.5 Å². The van der Waals surface area contributed by atoms with Crippen LogP contribution in [0.15, 0.2) is 0 Å². The number of amides is 1. The molecule has 0 spiro atoms. The first kappa shape index (κ1) is 14.8. The van der Waals surface area contributed by atoms with Crippen LogP contribution in [0, 0.1) is 23.7 Å². The molecule has 0 aromatic rings. The van der Waals surface area contributed by atoms with Crippen LogP contribution in [0.25, 0.3) is 0 Å². The lowest BCUT2D eigenvalue weighted by atomic mass is 9.79. The minimum atomic E-state index is 0.188. The summed E-state index contributed by atoms with van der Waals surface area (Å²) in [6.45, 7) is 5.29. The molecule has 3 heteroatoms. The summed E-state index contributed by atoms with van der Waals surface area (Å²) in [5.41, 5.74) is 5.77. The minimum Gasteiger partial charge on any atom is -0.353 e. The maximum atomic E-state index is 12.3. The Kier molecular flexibility index (Phi) is 5.26. The second-order valence-electron chi connectivity index (χ2n) is 6.90. The van der Waals surface area contributed by atoms with Gasteiger partial charge in [-0.15, -0.1) is 0 Å². The zero-order chi connectivity index (χ0) is 13.8. The van der Waals surface area contributed by atoms with Crippen molar-refractivity contribution in [1.29, 1.82) is 0 Å². The molecule has 0 unspecified atom stereocenters. The molecule has 3 N–H and O–H groups in total. The second kappa shape index (κ2) is 6.74. The molecule has 2 aliphatic carbocycles. The third-order valence-corrected chi connectivity index (χ3v) is 5.36. The van der Waals surface area contributed by atoms with Gasteiger partial charge in [0.1, 0.15) is 0 Å². The van der Waals surface area contributed by atoms with Gasteiger partial charge in [-0.2, -0.15) is 0 Å². The van der Waals surface area contributed by atoms with E-state index in [9.17, 15) is 4.79 Å². The molecule has 2 atom stereocenters. The Bertz CT molecular complexity index is 295. The summed E-state index contributed by atoms with van der Waals surface area (Å²) in [6.07, 6.45) is 8.20. The molecule has 0 aliphatic heterocycles. The van der Waals surface area contributed by atoms with Gasteiger partial charge in [0.25, 0.3) is 0 Å². The first-order valence-electron chi connectivity index (χ1n) is 8.12. The molecule has 0 aromatic heterocycles. The highest BCUT2D eigenvalue weighted by Crippen LogP contribution is 2.33. The Morgan fingerprint density at radius 2 is 1.84 bits per heavy atom. The quantitative estimate of drug-likeness (QED) is 0.822. The van der Waals surface area contributed by atoms with Gasteiger partial charge in [0.15, 0.2) is 0 Å². The van der Waals surface area contributed by atoms with Gasteiger partial charge in [0.05, 0.1) is 0 Å². The van der Waals surface area contributed by atoms with Gasteiger partial charge in [0.2, 0.25) is 5.91 Å². The summed E-state index contributed by atoms with van der Waals surface area (Å²) in [4.78, 5) is 12.3. The van der Waals surface area contributed by atoms with Crippen LogP contribution in [0.3, 0.4) is 0 Å². The number of rotatable bonds is 4. The van der Waals surface area contributed by atoms with Crippen LogP contribution in [0.5, 0.6) is 0 Å². The lowest BCUT2D eigenvalue weighted by Gasteiger charge is -2.32. The smallest absolute Gasteiger partial charge is 0.223 e. The Morgan fingerprint density at radius 1 is 1.16 bits per heavy atom. The fraction of sp³-hybridized carbons (Fsp3) is 0.938. The van der Waals surface area contributed by atoms with E-state index in [-0.39, 0.29) is 11.8 Å². The fourth-order valence-corrected chi connectivity index (χ4v) is 3.90. The number of nitrogens with two attached hydrogens (primary N) is 1. The highest BCUT2D eigenvalue weighted by molar-refractivity contribution is 5.79. The normalized spacial score (nSPS) is 35.6. The summed E-state index contributed by atoms with van der Waals surface area (Å²) in [6, 6.07) is 0.418. The summed E-state index contributed by atoms with van der Waals surface area (Å²) in [5.74, 6) is 2.53. The third kappa shape index (κ3) is 3.71.